The summed E-state index contributed by atoms with van der Waals surface area (Å²) in [6, 6.07) is 3.79. The number of aryl methyl sites for hydroxylation is 1. The van der Waals surface area contributed by atoms with Gasteiger partial charge in [0.1, 0.15) is 5.82 Å². The zero-order valence-corrected chi connectivity index (χ0v) is 11.3. The highest BCUT2D eigenvalue weighted by Gasteiger charge is 2.44. The van der Waals surface area contributed by atoms with Crippen LogP contribution in [0.5, 0.6) is 0 Å². The fourth-order valence-corrected chi connectivity index (χ4v) is 3.91. The Morgan fingerprint density at radius 1 is 1.44 bits per heavy atom. The first kappa shape index (κ1) is 13.5. The van der Waals surface area contributed by atoms with Gasteiger partial charge in [-0.15, -0.1) is 0 Å². The summed E-state index contributed by atoms with van der Waals surface area (Å²) in [5, 5.41) is 0. The van der Waals surface area contributed by atoms with E-state index in [1.54, 1.807) is 6.92 Å². The first-order chi connectivity index (χ1) is 8.28. The highest BCUT2D eigenvalue weighted by atomic mass is 32.2. The Balaban J connectivity index is 2.31. The Hall–Kier alpha value is -0.980. The molecule has 1 fully saturated rings. The minimum atomic E-state index is -3.62. The summed E-state index contributed by atoms with van der Waals surface area (Å²) in [5.74, 6) is -0.547. The van der Waals surface area contributed by atoms with Crippen molar-refractivity contribution in [1.82, 2.24) is 4.31 Å². The maximum absolute atomic E-state index is 13.2. The molecule has 1 aliphatic heterocycles. The molecule has 6 heteroatoms. The van der Waals surface area contributed by atoms with Crippen LogP contribution in [0.15, 0.2) is 23.1 Å². The predicted molar refractivity (Wildman–Crippen MR) is 67.1 cm³/mol. The van der Waals surface area contributed by atoms with E-state index in [1.165, 1.54) is 16.4 Å². The van der Waals surface area contributed by atoms with Gasteiger partial charge in [0.2, 0.25) is 10.0 Å². The standard InChI is InChI=1S/C12H17FN2O2S/c1-3-12(14)7-15(8-12)18(16,17)11-6-10(13)5-4-9(11)2/h4-6H,3,7-8,14H2,1-2H3. The average molecular weight is 272 g/mol. The second kappa shape index (κ2) is 4.29. The Morgan fingerprint density at radius 3 is 2.61 bits per heavy atom. The van der Waals surface area contributed by atoms with E-state index in [4.69, 9.17) is 5.73 Å². The number of hydrogen-bond acceptors (Lipinski definition) is 3. The molecule has 1 heterocycles. The second-order valence-corrected chi connectivity index (χ2v) is 6.81. The largest absolute Gasteiger partial charge is 0.323 e. The lowest BCUT2D eigenvalue weighted by atomic mass is 9.91. The van der Waals surface area contributed by atoms with Gasteiger partial charge < -0.3 is 5.73 Å². The first-order valence-corrected chi connectivity index (χ1v) is 7.28. The van der Waals surface area contributed by atoms with Gasteiger partial charge in [-0.25, -0.2) is 12.8 Å². The van der Waals surface area contributed by atoms with E-state index >= 15 is 0 Å². The third kappa shape index (κ3) is 2.15. The van der Waals surface area contributed by atoms with Crippen molar-refractivity contribution in [3.05, 3.63) is 29.6 Å². The molecule has 18 heavy (non-hydrogen) atoms. The Bertz CT molecular complexity index is 565. The molecule has 0 radical (unpaired) electrons. The summed E-state index contributed by atoms with van der Waals surface area (Å²) in [4.78, 5) is 0.0284. The van der Waals surface area contributed by atoms with Crippen molar-refractivity contribution in [3.8, 4) is 0 Å². The first-order valence-electron chi connectivity index (χ1n) is 5.84. The molecule has 0 aromatic heterocycles. The van der Waals surface area contributed by atoms with Crippen molar-refractivity contribution in [1.29, 1.82) is 0 Å². The number of sulfonamides is 1. The lowest BCUT2D eigenvalue weighted by molar-refractivity contribution is 0.153. The van der Waals surface area contributed by atoms with Gasteiger partial charge in [0, 0.05) is 18.6 Å². The average Bonchev–Trinajstić information content (AvgIpc) is 2.28. The molecule has 1 aliphatic rings. The number of rotatable bonds is 3. The van der Waals surface area contributed by atoms with Crippen molar-refractivity contribution in [2.45, 2.75) is 30.7 Å². The molecule has 1 aromatic carbocycles. The molecule has 0 unspecified atom stereocenters. The molecule has 0 atom stereocenters. The van der Waals surface area contributed by atoms with Gasteiger partial charge in [-0.2, -0.15) is 4.31 Å². The predicted octanol–water partition coefficient (Wildman–Crippen LogP) is 1.25. The van der Waals surface area contributed by atoms with Crippen molar-refractivity contribution in [2.24, 2.45) is 5.73 Å². The molecule has 0 spiro atoms. The zero-order valence-electron chi connectivity index (χ0n) is 10.5. The summed E-state index contributed by atoms with van der Waals surface area (Å²) in [6.45, 7) is 4.17. The van der Waals surface area contributed by atoms with Gasteiger partial charge in [-0.05, 0) is 31.0 Å². The van der Waals surface area contributed by atoms with Gasteiger partial charge in [0.15, 0.2) is 0 Å². The van der Waals surface area contributed by atoms with Crippen LogP contribution in [-0.2, 0) is 10.0 Å². The molecule has 0 saturated carbocycles. The molecule has 1 aromatic rings. The van der Waals surface area contributed by atoms with Crippen molar-refractivity contribution in [2.75, 3.05) is 13.1 Å². The molecule has 2 rings (SSSR count). The van der Waals surface area contributed by atoms with Crippen molar-refractivity contribution in [3.63, 3.8) is 0 Å². The molecule has 2 N–H and O–H groups in total. The fourth-order valence-electron chi connectivity index (χ4n) is 2.04. The van der Waals surface area contributed by atoms with Gasteiger partial charge in [-0.3, -0.25) is 0 Å². The topological polar surface area (TPSA) is 63.4 Å². The van der Waals surface area contributed by atoms with Crippen LogP contribution in [-0.4, -0.2) is 31.4 Å². The van der Waals surface area contributed by atoms with Crippen LogP contribution in [0.3, 0.4) is 0 Å². The van der Waals surface area contributed by atoms with Crippen LogP contribution < -0.4 is 5.73 Å². The smallest absolute Gasteiger partial charge is 0.243 e. The molecule has 0 amide bonds. The normalized spacial score (nSPS) is 19.6. The third-order valence-electron chi connectivity index (χ3n) is 3.45. The fraction of sp³-hybridized carbons (Fsp3) is 0.500. The summed E-state index contributed by atoms with van der Waals surface area (Å²) >= 11 is 0. The van der Waals surface area contributed by atoms with Crippen LogP contribution in [0.25, 0.3) is 0 Å². The van der Waals surface area contributed by atoms with Gasteiger partial charge in [0.25, 0.3) is 0 Å². The van der Waals surface area contributed by atoms with E-state index in [9.17, 15) is 12.8 Å². The monoisotopic (exact) mass is 272 g/mol. The minimum Gasteiger partial charge on any atom is -0.323 e. The summed E-state index contributed by atoms with van der Waals surface area (Å²) in [5.41, 5.74) is 6.06. The number of hydrogen-bond donors (Lipinski definition) is 1. The quantitative estimate of drug-likeness (QED) is 0.900. The molecule has 0 bridgehead atoms. The van der Waals surface area contributed by atoms with E-state index < -0.39 is 21.4 Å². The van der Waals surface area contributed by atoms with E-state index in [2.05, 4.69) is 0 Å². The summed E-state index contributed by atoms with van der Waals surface area (Å²) in [7, 11) is -3.62. The molecular weight excluding hydrogens is 255 g/mol. The molecular formula is C12H17FN2O2S. The van der Waals surface area contributed by atoms with Crippen molar-refractivity contribution >= 4 is 10.0 Å². The molecule has 1 saturated heterocycles. The van der Waals surface area contributed by atoms with Crippen LogP contribution >= 0.6 is 0 Å². The maximum Gasteiger partial charge on any atom is 0.243 e. The third-order valence-corrected chi connectivity index (χ3v) is 5.39. The highest BCUT2D eigenvalue weighted by molar-refractivity contribution is 7.89. The van der Waals surface area contributed by atoms with E-state index in [0.29, 0.717) is 18.7 Å². The van der Waals surface area contributed by atoms with Crippen LogP contribution in [0.2, 0.25) is 0 Å². The van der Waals surface area contributed by atoms with Crippen molar-refractivity contribution < 1.29 is 12.8 Å². The molecule has 4 nitrogen and oxygen atoms in total. The Labute approximate surface area is 107 Å². The number of benzene rings is 1. The molecule has 0 aliphatic carbocycles. The second-order valence-electron chi connectivity index (χ2n) is 4.90. The van der Waals surface area contributed by atoms with E-state index in [1.807, 2.05) is 6.92 Å². The lowest BCUT2D eigenvalue weighted by Gasteiger charge is -2.46. The SMILES string of the molecule is CCC1(N)CN(S(=O)(=O)c2cc(F)ccc2C)C1. The summed E-state index contributed by atoms with van der Waals surface area (Å²) in [6.07, 6.45) is 0.723. The van der Waals surface area contributed by atoms with Crippen LogP contribution in [0.1, 0.15) is 18.9 Å². The Kier molecular flexibility index (Phi) is 3.21. The number of halogens is 1. The van der Waals surface area contributed by atoms with Gasteiger partial charge >= 0.3 is 0 Å². The van der Waals surface area contributed by atoms with E-state index in [0.717, 1.165) is 12.5 Å². The van der Waals surface area contributed by atoms with Gasteiger partial charge in [0.05, 0.1) is 4.90 Å². The highest BCUT2D eigenvalue weighted by Crippen LogP contribution is 2.30. The number of nitrogens with two attached hydrogens (primary N) is 1. The van der Waals surface area contributed by atoms with Crippen LogP contribution in [0, 0.1) is 12.7 Å². The summed E-state index contributed by atoms with van der Waals surface area (Å²) < 4.78 is 39.1. The number of nitrogens with zero attached hydrogens (tertiary/aromatic N) is 1. The van der Waals surface area contributed by atoms with Crippen LogP contribution in [0.4, 0.5) is 4.39 Å². The van der Waals surface area contributed by atoms with Gasteiger partial charge in [-0.1, -0.05) is 13.0 Å². The van der Waals surface area contributed by atoms with E-state index in [-0.39, 0.29) is 4.90 Å². The lowest BCUT2D eigenvalue weighted by Crippen LogP contribution is -2.68. The minimum absolute atomic E-state index is 0.0284. The zero-order chi connectivity index (χ0) is 13.6. The Morgan fingerprint density at radius 2 is 2.06 bits per heavy atom. The maximum atomic E-state index is 13.2. The molecule has 100 valence electrons.